The van der Waals surface area contributed by atoms with E-state index in [0.29, 0.717) is 54.8 Å². The molecule has 1 aromatic heterocycles. The van der Waals surface area contributed by atoms with Crippen molar-refractivity contribution < 1.29 is 4.39 Å². The van der Waals surface area contributed by atoms with Crippen molar-refractivity contribution in [3.05, 3.63) is 17.2 Å². The second-order valence-electron chi connectivity index (χ2n) is 6.39. The van der Waals surface area contributed by atoms with Gasteiger partial charge in [-0.05, 0) is 0 Å². The second-order valence-corrected chi connectivity index (χ2v) is 10.7. The van der Waals surface area contributed by atoms with Gasteiger partial charge in [0.1, 0.15) is 0 Å². The number of rotatable bonds is 1. The quantitative estimate of drug-likeness (QED) is 0.311. The fourth-order valence-corrected chi connectivity index (χ4v) is 5.88. The Bertz CT molecular complexity index is 510. The van der Waals surface area contributed by atoms with Gasteiger partial charge < -0.3 is 0 Å². The SMILES string of the molecule is Cc1nc2n(c1C)[C](C)([K])C(I)N(C(C)C)C2(C)F. The summed E-state index contributed by atoms with van der Waals surface area (Å²) in [5.74, 6) is -0.920. The Morgan fingerprint density at radius 2 is 1.89 bits per heavy atom. The molecule has 3 atom stereocenters. The molecule has 0 spiro atoms. The van der Waals surface area contributed by atoms with E-state index >= 15 is 4.39 Å². The molecule has 1 aliphatic heterocycles. The second kappa shape index (κ2) is 5.28. The van der Waals surface area contributed by atoms with Crippen molar-refractivity contribution in [1.82, 2.24) is 14.5 Å². The van der Waals surface area contributed by atoms with Gasteiger partial charge >= 0.3 is 165 Å². The van der Waals surface area contributed by atoms with Crippen LogP contribution in [0, 0.1) is 13.8 Å². The van der Waals surface area contributed by atoms with Gasteiger partial charge in [-0.25, -0.2) is 0 Å². The van der Waals surface area contributed by atoms with E-state index < -0.39 is 5.79 Å². The van der Waals surface area contributed by atoms with Gasteiger partial charge in [-0.15, -0.1) is 0 Å². The molecular weight excluding hydrogens is 383 g/mol. The fraction of sp³-hybridized carbons (Fsp3) is 0.769. The van der Waals surface area contributed by atoms with E-state index in [2.05, 4.69) is 59.8 Å². The van der Waals surface area contributed by atoms with Crippen LogP contribution < -0.4 is 0 Å². The molecule has 0 saturated heterocycles. The molecule has 0 fully saturated rings. The summed E-state index contributed by atoms with van der Waals surface area (Å²) >= 11 is 2.94. The van der Waals surface area contributed by atoms with Gasteiger partial charge in [-0.3, -0.25) is 0 Å². The van der Waals surface area contributed by atoms with E-state index in [1.54, 1.807) is 6.92 Å². The molecule has 2 rings (SSSR count). The van der Waals surface area contributed by atoms with Crippen molar-refractivity contribution in [2.24, 2.45) is 0 Å². The van der Waals surface area contributed by atoms with Gasteiger partial charge in [0.25, 0.3) is 0 Å². The summed E-state index contributed by atoms with van der Waals surface area (Å²) in [6.07, 6.45) is 0. The molecule has 0 amide bonds. The average Bonchev–Trinajstić information content (AvgIpc) is 2.54. The first kappa shape index (κ1) is 16.8. The normalized spacial score (nSPS) is 35.8. The Kier molecular flexibility index (Phi) is 4.67. The van der Waals surface area contributed by atoms with Crippen LogP contribution in [-0.2, 0) is 5.43 Å². The van der Waals surface area contributed by atoms with Crippen molar-refractivity contribution in [1.29, 1.82) is 0 Å². The van der Waals surface area contributed by atoms with Gasteiger partial charge in [0, 0.05) is 0 Å². The molecule has 19 heavy (non-hydrogen) atoms. The Morgan fingerprint density at radius 1 is 1.37 bits per heavy atom. The van der Waals surface area contributed by atoms with E-state index in [9.17, 15) is 0 Å². The van der Waals surface area contributed by atoms with Crippen LogP contribution in [0.5, 0.6) is 0 Å². The molecule has 102 valence electrons. The first-order valence-electron chi connectivity index (χ1n) is 6.71. The molecule has 3 nitrogen and oxygen atoms in total. The first-order chi connectivity index (χ1) is 8.52. The monoisotopic (exact) mass is 403 g/mol. The Hall–Kier alpha value is 1.47. The van der Waals surface area contributed by atoms with E-state index in [4.69, 9.17) is 0 Å². The third-order valence-electron chi connectivity index (χ3n) is 4.20. The summed E-state index contributed by atoms with van der Waals surface area (Å²) in [5.41, 5.74) is 2.06. The number of alkyl halides is 2. The zero-order valence-electron chi connectivity index (χ0n) is 12.8. The summed E-state index contributed by atoms with van der Waals surface area (Å²) < 4.78 is 17.7. The van der Waals surface area contributed by atoms with Crippen LogP contribution in [0.15, 0.2) is 0 Å². The third kappa shape index (κ3) is 2.43. The zero-order chi connectivity index (χ0) is 14.7. The number of imidazole rings is 1. The Morgan fingerprint density at radius 3 is 2.37 bits per heavy atom. The predicted octanol–water partition coefficient (Wildman–Crippen LogP) is 2.97. The summed E-state index contributed by atoms with van der Waals surface area (Å²) in [6, 6.07) is 0.157. The van der Waals surface area contributed by atoms with E-state index in [1.165, 1.54) is 0 Å². The van der Waals surface area contributed by atoms with Crippen LogP contribution in [0.3, 0.4) is 0 Å². The van der Waals surface area contributed by atoms with Crippen molar-refractivity contribution in [2.45, 2.75) is 57.1 Å². The number of fused-ring (bicyclic) bond motifs is 1. The summed E-state index contributed by atoms with van der Waals surface area (Å²) in [7, 11) is 0. The molecule has 0 N–H and O–H groups in total. The minimum atomic E-state index is -1.50. The number of hydrogen-bond acceptors (Lipinski definition) is 2. The zero-order valence-corrected chi connectivity index (χ0v) is 18.0. The minimum absolute atomic E-state index is 0.00407. The van der Waals surface area contributed by atoms with Crippen molar-refractivity contribution in [3.8, 4) is 0 Å². The molecule has 0 radical (unpaired) electrons. The number of hydrogen-bond donors (Lipinski definition) is 0. The number of aromatic nitrogens is 2. The predicted molar refractivity (Wildman–Crippen MR) is 84.3 cm³/mol. The van der Waals surface area contributed by atoms with Gasteiger partial charge in [-0.2, -0.15) is 0 Å². The van der Waals surface area contributed by atoms with Crippen LogP contribution in [-0.4, -0.2) is 73.5 Å². The molecule has 1 aliphatic rings. The molecular formula is C13H20FIKN3. The molecule has 0 aliphatic carbocycles. The molecule has 0 bridgehead atoms. The van der Waals surface area contributed by atoms with Crippen molar-refractivity contribution in [2.75, 3.05) is 0 Å². The molecule has 0 aromatic carbocycles. The molecule has 6 heteroatoms. The molecule has 3 unspecified atom stereocenters. The van der Waals surface area contributed by atoms with Gasteiger partial charge in [0.05, 0.1) is 0 Å². The van der Waals surface area contributed by atoms with Gasteiger partial charge in [0.2, 0.25) is 0 Å². The summed E-state index contributed by atoms with van der Waals surface area (Å²) in [5, 5.41) is 0. The van der Waals surface area contributed by atoms with Crippen molar-refractivity contribution >= 4 is 71.5 Å². The number of aryl methyl sites for hydroxylation is 1. The van der Waals surface area contributed by atoms with Crippen LogP contribution in [0.25, 0.3) is 0 Å². The first-order valence-corrected chi connectivity index (χ1v) is 9.52. The summed E-state index contributed by atoms with van der Waals surface area (Å²) in [6.45, 7) is 12.0. The maximum atomic E-state index is 15.4. The van der Waals surface area contributed by atoms with Crippen LogP contribution >= 0.6 is 22.6 Å². The van der Waals surface area contributed by atoms with Crippen LogP contribution in [0.4, 0.5) is 4.39 Å². The average molecular weight is 403 g/mol. The molecule has 2 heterocycles. The molecule has 0 saturated carbocycles. The van der Waals surface area contributed by atoms with E-state index in [0.717, 1.165) is 11.4 Å². The maximum absolute atomic E-state index is 15.4. The number of halogens is 2. The van der Waals surface area contributed by atoms with Crippen LogP contribution in [0.1, 0.15) is 44.9 Å². The van der Waals surface area contributed by atoms with Crippen molar-refractivity contribution in [3.63, 3.8) is 0 Å². The van der Waals surface area contributed by atoms with Crippen LogP contribution in [0.2, 0.25) is 0 Å². The Balaban J connectivity index is 2.76. The molecule has 1 aromatic rings. The fourth-order valence-electron chi connectivity index (χ4n) is 3.14. The summed E-state index contributed by atoms with van der Waals surface area (Å²) in [4.78, 5) is 6.51. The topological polar surface area (TPSA) is 21.1 Å². The van der Waals surface area contributed by atoms with Gasteiger partial charge in [0.15, 0.2) is 0 Å². The standard InChI is InChI=1S/C13H20FIN3.K/c1-7(2)18-11(15)10(5)17-9(4)8(3)16-12(17)13(18,6)14;/h7,11H,1-6H3;. The Labute approximate surface area is 162 Å². The number of nitrogens with zero attached hydrogens (tertiary/aromatic N) is 3. The van der Waals surface area contributed by atoms with Gasteiger partial charge in [-0.1, -0.05) is 0 Å². The van der Waals surface area contributed by atoms with E-state index in [-0.39, 0.29) is 9.72 Å². The van der Waals surface area contributed by atoms with E-state index in [1.807, 2.05) is 11.8 Å². The third-order valence-corrected chi connectivity index (χ3v) is 9.71.